The van der Waals surface area contributed by atoms with Gasteiger partial charge in [-0.25, -0.2) is 12.7 Å². The van der Waals surface area contributed by atoms with Crippen LogP contribution in [0, 0.1) is 0 Å². The molecule has 6 heteroatoms. The molecule has 5 nitrogen and oxygen atoms in total. The minimum atomic E-state index is -3.64. The van der Waals surface area contributed by atoms with E-state index in [0.717, 1.165) is 4.31 Å². The van der Waals surface area contributed by atoms with Crippen LogP contribution in [0.4, 0.5) is 0 Å². The molecule has 0 aliphatic heterocycles. The van der Waals surface area contributed by atoms with Crippen LogP contribution in [0.25, 0.3) is 0 Å². The number of carbonyl (C=O) groups is 1. The highest BCUT2D eigenvalue weighted by Crippen LogP contribution is 2.44. The van der Waals surface area contributed by atoms with Gasteiger partial charge in [-0.15, -0.1) is 0 Å². The molecule has 0 bridgehead atoms. The van der Waals surface area contributed by atoms with Gasteiger partial charge in [0.05, 0.1) is 0 Å². The summed E-state index contributed by atoms with van der Waals surface area (Å²) in [5.74, 6) is -1.23. The van der Waals surface area contributed by atoms with Crippen molar-refractivity contribution in [2.75, 3.05) is 13.6 Å². The Labute approximate surface area is 77.4 Å². The molecule has 1 aliphatic rings. The molecule has 1 fully saturated rings. The third kappa shape index (κ3) is 1.34. The van der Waals surface area contributed by atoms with Gasteiger partial charge in [-0.2, -0.15) is 0 Å². The van der Waals surface area contributed by atoms with E-state index >= 15 is 0 Å². The van der Waals surface area contributed by atoms with Crippen LogP contribution < -0.4 is 0 Å². The molecule has 0 aromatic carbocycles. The van der Waals surface area contributed by atoms with Gasteiger partial charge in [0.15, 0.2) is 4.75 Å². The quantitative estimate of drug-likeness (QED) is 0.697. The van der Waals surface area contributed by atoms with Crippen LogP contribution in [0.1, 0.15) is 19.8 Å². The Balaban J connectivity index is 3.01. The number of nitrogens with zero attached hydrogens (tertiary/aromatic N) is 1. The number of aliphatic carboxylic acids is 1. The summed E-state index contributed by atoms with van der Waals surface area (Å²) >= 11 is 0. The molecule has 0 unspecified atom stereocenters. The summed E-state index contributed by atoms with van der Waals surface area (Å²) in [6, 6.07) is 0. The molecule has 1 N–H and O–H groups in total. The Kier molecular flexibility index (Phi) is 2.38. The topological polar surface area (TPSA) is 74.7 Å². The molecular formula is C7H13NO4S. The summed E-state index contributed by atoms with van der Waals surface area (Å²) < 4.78 is 22.8. The lowest BCUT2D eigenvalue weighted by atomic mass is 10.4. The first-order valence-electron chi connectivity index (χ1n) is 4.08. The summed E-state index contributed by atoms with van der Waals surface area (Å²) in [6.45, 7) is 1.98. The molecule has 1 saturated carbocycles. The summed E-state index contributed by atoms with van der Waals surface area (Å²) in [4.78, 5) is 10.7. The van der Waals surface area contributed by atoms with Crippen molar-refractivity contribution in [3.63, 3.8) is 0 Å². The van der Waals surface area contributed by atoms with Crippen LogP contribution in [-0.4, -0.2) is 42.1 Å². The van der Waals surface area contributed by atoms with Crippen molar-refractivity contribution in [3.05, 3.63) is 0 Å². The minimum Gasteiger partial charge on any atom is -0.480 e. The normalized spacial score (nSPS) is 20.2. The highest BCUT2D eigenvalue weighted by atomic mass is 32.2. The fraction of sp³-hybridized carbons (Fsp3) is 0.857. The third-order valence-corrected chi connectivity index (χ3v) is 5.09. The van der Waals surface area contributed by atoms with Gasteiger partial charge in [-0.1, -0.05) is 6.92 Å². The number of hydrogen-bond acceptors (Lipinski definition) is 3. The monoisotopic (exact) mass is 207 g/mol. The van der Waals surface area contributed by atoms with E-state index in [-0.39, 0.29) is 12.8 Å². The second kappa shape index (κ2) is 2.95. The summed E-state index contributed by atoms with van der Waals surface area (Å²) in [7, 11) is -2.24. The molecule has 0 heterocycles. The molecule has 76 valence electrons. The van der Waals surface area contributed by atoms with Gasteiger partial charge >= 0.3 is 5.97 Å². The van der Waals surface area contributed by atoms with Crippen LogP contribution in [0.15, 0.2) is 0 Å². The molecule has 0 atom stereocenters. The number of hydrogen-bond donors (Lipinski definition) is 1. The Morgan fingerprint density at radius 2 is 2.00 bits per heavy atom. The molecule has 0 aromatic rings. The lowest BCUT2D eigenvalue weighted by molar-refractivity contribution is -0.137. The number of rotatable bonds is 4. The SMILES string of the molecule is CCN(C)S(=O)(=O)C1(C(=O)O)CC1. The van der Waals surface area contributed by atoms with Crippen molar-refractivity contribution in [2.24, 2.45) is 0 Å². The molecular weight excluding hydrogens is 194 g/mol. The maximum Gasteiger partial charge on any atom is 0.326 e. The van der Waals surface area contributed by atoms with Gasteiger partial charge in [-0.3, -0.25) is 4.79 Å². The first-order chi connectivity index (χ1) is 5.88. The van der Waals surface area contributed by atoms with Crippen LogP contribution in [0.2, 0.25) is 0 Å². The van der Waals surface area contributed by atoms with Crippen molar-refractivity contribution in [3.8, 4) is 0 Å². The average Bonchev–Trinajstić information content (AvgIpc) is 2.82. The fourth-order valence-electron chi connectivity index (χ4n) is 1.16. The maximum atomic E-state index is 11.6. The van der Waals surface area contributed by atoms with E-state index in [1.807, 2.05) is 0 Å². The zero-order chi connectivity index (χ0) is 10.3. The molecule has 13 heavy (non-hydrogen) atoms. The van der Waals surface area contributed by atoms with Crippen LogP contribution in [0.5, 0.6) is 0 Å². The van der Waals surface area contributed by atoms with Crippen molar-refractivity contribution < 1.29 is 18.3 Å². The summed E-state index contributed by atoms with van der Waals surface area (Å²) in [5, 5.41) is 8.78. The van der Waals surface area contributed by atoms with Gasteiger partial charge in [0.2, 0.25) is 10.0 Å². The van der Waals surface area contributed by atoms with Gasteiger partial charge in [0.25, 0.3) is 0 Å². The van der Waals surface area contributed by atoms with Crippen molar-refractivity contribution >= 4 is 16.0 Å². The van der Waals surface area contributed by atoms with E-state index in [2.05, 4.69) is 0 Å². The molecule has 1 aliphatic carbocycles. The lowest BCUT2D eigenvalue weighted by Crippen LogP contribution is -2.42. The number of carboxylic acids is 1. The number of carboxylic acid groups (broad SMARTS) is 1. The van der Waals surface area contributed by atoms with Crippen molar-refractivity contribution in [1.82, 2.24) is 4.31 Å². The Bertz CT molecular complexity index is 317. The highest BCUT2D eigenvalue weighted by molar-refractivity contribution is 7.91. The standard InChI is InChI=1S/C7H13NO4S/c1-3-8(2)13(11,12)7(4-5-7)6(9)10/h3-5H2,1-2H3,(H,9,10). The first kappa shape index (κ1) is 10.5. The largest absolute Gasteiger partial charge is 0.480 e. The van der Waals surface area contributed by atoms with Crippen molar-refractivity contribution in [2.45, 2.75) is 24.5 Å². The van der Waals surface area contributed by atoms with Crippen LogP contribution in [-0.2, 0) is 14.8 Å². The Morgan fingerprint density at radius 3 is 2.23 bits per heavy atom. The molecule has 0 spiro atoms. The van der Waals surface area contributed by atoms with Crippen LogP contribution in [0.3, 0.4) is 0 Å². The Morgan fingerprint density at radius 1 is 1.54 bits per heavy atom. The van der Waals surface area contributed by atoms with E-state index in [1.54, 1.807) is 6.92 Å². The van der Waals surface area contributed by atoms with Gasteiger partial charge in [0, 0.05) is 13.6 Å². The molecule has 0 saturated heterocycles. The van der Waals surface area contributed by atoms with E-state index in [0.29, 0.717) is 6.54 Å². The fourth-order valence-corrected chi connectivity index (χ4v) is 2.94. The maximum absolute atomic E-state index is 11.6. The first-order valence-corrected chi connectivity index (χ1v) is 5.52. The molecule has 0 amide bonds. The van der Waals surface area contributed by atoms with E-state index < -0.39 is 20.7 Å². The minimum absolute atomic E-state index is 0.231. The molecule has 0 aromatic heterocycles. The van der Waals surface area contributed by atoms with Gasteiger partial charge in [-0.05, 0) is 12.8 Å². The predicted octanol–water partition coefficient (Wildman–Crippen LogP) is -0.115. The van der Waals surface area contributed by atoms with Gasteiger partial charge in [0.1, 0.15) is 0 Å². The lowest BCUT2D eigenvalue weighted by Gasteiger charge is -2.19. The second-order valence-electron chi connectivity index (χ2n) is 3.22. The predicted molar refractivity (Wildman–Crippen MR) is 46.8 cm³/mol. The van der Waals surface area contributed by atoms with E-state index in [1.165, 1.54) is 7.05 Å². The smallest absolute Gasteiger partial charge is 0.326 e. The highest BCUT2D eigenvalue weighted by Gasteiger charge is 2.62. The summed E-state index contributed by atoms with van der Waals surface area (Å²) in [6.07, 6.45) is 0.462. The van der Waals surface area contributed by atoms with E-state index in [4.69, 9.17) is 5.11 Å². The average molecular weight is 207 g/mol. The van der Waals surface area contributed by atoms with E-state index in [9.17, 15) is 13.2 Å². The Hall–Kier alpha value is -0.620. The molecule has 0 radical (unpaired) electrons. The molecule has 1 rings (SSSR count). The second-order valence-corrected chi connectivity index (χ2v) is 5.57. The summed E-state index contributed by atoms with van der Waals surface area (Å²) in [5.41, 5.74) is 0. The zero-order valence-electron chi connectivity index (χ0n) is 7.65. The van der Waals surface area contributed by atoms with Crippen molar-refractivity contribution in [1.29, 1.82) is 0 Å². The third-order valence-electron chi connectivity index (χ3n) is 2.44. The van der Waals surface area contributed by atoms with Gasteiger partial charge < -0.3 is 5.11 Å². The number of sulfonamides is 1. The van der Waals surface area contributed by atoms with Crippen LogP contribution >= 0.6 is 0 Å². The zero-order valence-corrected chi connectivity index (χ0v) is 8.47.